The Balaban J connectivity index is 2.06. The molecule has 2 rings (SSSR count). The fourth-order valence-electron chi connectivity index (χ4n) is 2.03. The van der Waals surface area contributed by atoms with Crippen molar-refractivity contribution in [3.05, 3.63) is 33.9 Å². The predicted octanol–water partition coefficient (Wildman–Crippen LogP) is 3.94. The zero-order valence-corrected chi connectivity index (χ0v) is 16.7. The number of carbonyl (C=O) groups excluding carboxylic acids is 1. The summed E-state index contributed by atoms with van der Waals surface area (Å²) in [6.07, 6.45) is 0.351. The third kappa shape index (κ3) is 5.05. The molecular weight excluding hydrogens is 402 g/mol. The summed E-state index contributed by atoms with van der Waals surface area (Å²) in [7, 11) is 0. The van der Waals surface area contributed by atoms with E-state index < -0.39 is 5.97 Å². The molecule has 2 aromatic rings. The highest BCUT2D eigenvalue weighted by atomic mass is 79.9. The molecule has 26 heavy (non-hydrogen) atoms. The zero-order valence-electron chi connectivity index (χ0n) is 15.1. The lowest BCUT2D eigenvalue weighted by Gasteiger charge is -2.12. The van der Waals surface area contributed by atoms with Gasteiger partial charge in [-0.15, -0.1) is 0 Å². The number of benzene rings is 1. The zero-order chi connectivity index (χ0) is 19.3. The largest absolute Gasteiger partial charge is 0.490 e. The molecule has 0 saturated heterocycles. The maximum atomic E-state index is 12.2. The molecule has 0 aliphatic carbocycles. The van der Waals surface area contributed by atoms with E-state index >= 15 is 0 Å². The molecule has 0 bridgehead atoms. The van der Waals surface area contributed by atoms with E-state index in [1.807, 2.05) is 26.8 Å². The van der Waals surface area contributed by atoms with Crippen LogP contribution in [0.25, 0.3) is 0 Å². The van der Waals surface area contributed by atoms with E-state index in [1.54, 1.807) is 13.0 Å². The Hall–Kier alpha value is -2.40. The molecular formula is C18H20BrN3O4. The van der Waals surface area contributed by atoms with Crippen molar-refractivity contribution in [3.8, 4) is 17.6 Å². The molecule has 0 spiro atoms. The molecule has 7 nitrogen and oxygen atoms in total. The SMILES string of the molecule is CCOc1cc(C#N)cc(Br)c1OC(=O)CCc1nc(C(C)(C)C)no1. The predicted molar refractivity (Wildman–Crippen MR) is 97.0 cm³/mol. The highest BCUT2D eigenvalue weighted by Gasteiger charge is 2.22. The Labute approximate surface area is 160 Å². The summed E-state index contributed by atoms with van der Waals surface area (Å²) in [4.78, 5) is 16.5. The highest BCUT2D eigenvalue weighted by molar-refractivity contribution is 9.10. The average molecular weight is 422 g/mol. The summed E-state index contributed by atoms with van der Waals surface area (Å²) in [5.74, 6) is 1.09. The molecule has 0 N–H and O–H groups in total. The van der Waals surface area contributed by atoms with Crippen LogP contribution in [0.1, 0.15) is 51.4 Å². The summed E-state index contributed by atoms with van der Waals surface area (Å²) >= 11 is 3.31. The number of nitrogens with zero attached hydrogens (tertiary/aromatic N) is 3. The van der Waals surface area contributed by atoms with E-state index in [0.717, 1.165) is 0 Å². The van der Waals surface area contributed by atoms with Crippen molar-refractivity contribution >= 4 is 21.9 Å². The summed E-state index contributed by atoms with van der Waals surface area (Å²) in [6.45, 7) is 8.12. The number of carbonyl (C=O) groups is 1. The Morgan fingerprint density at radius 1 is 1.38 bits per heavy atom. The minimum absolute atomic E-state index is 0.0732. The van der Waals surface area contributed by atoms with Crippen molar-refractivity contribution in [3.63, 3.8) is 0 Å². The molecule has 0 aliphatic heterocycles. The van der Waals surface area contributed by atoms with Crippen molar-refractivity contribution < 1.29 is 18.8 Å². The van der Waals surface area contributed by atoms with Crippen LogP contribution in [0.4, 0.5) is 0 Å². The molecule has 0 unspecified atom stereocenters. The van der Waals surface area contributed by atoms with Crippen LogP contribution in [-0.2, 0) is 16.6 Å². The lowest BCUT2D eigenvalue weighted by atomic mass is 9.96. The maximum absolute atomic E-state index is 12.2. The van der Waals surface area contributed by atoms with Gasteiger partial charge in [0.05, 0.1) is 29.1 Å². The van der Waals surface area contributed by atoms with Gasteiger partial charge in [0.2, 0.25) is 5.89 Å². The molecule has 0 radical (unpaired) electrons. The first-order valence-corrected chi connectivity index (χ1v) is 8.94. The van der Waals surface area contributed by atoms with Gasteiger partial charge in [0.1, 0.15) is 0 Å². The number of halogens is 1. The van der Waals surface area contributed by atoms with Crippen LogP contribution >= 0.6 is 15.9 Å². The van der Waals surface area contributed by atoms with Gasteiger partial charge in [-0.25, -0.2) is 0 Å². The van der Waals surface area contributed by atoms with Crippen molar-refractivity contribution in [1.29, 1.82) is 5.26 Å². The first-order valence-electron chi connectivity index (χ1n) is 8.14. The number of ether oxygens (including phenoxy) is 2. The third-order valence-electron chi connectivity index (χ3n) is 3.34. The second-order valence-electron chi connectivity index (χ2n) is 6.57. The topological polar surface area (TPSA) is 98.2 Å². The van der Waals surface area contributed by atoms with Gasteiger partial charge in [-0.2, -0.15) is 10.2 Å². The molecule has 0 aliphatic rings. The van der Waals surface area contributed by atoms with Gasteiger partial charge in [-0.1, -0.05) is 25.9 Å². The van der Waals surface area contributed by atoms with E-state index in [2.05, 4.69) is 26.1 Å². The number of aromatic nitrogens is 2. The van der Waals surface area contributed by atoms with Crippen LogP contribution in [0.3, 0.4) is 0 Å². The Morgan fingerprint density at radius 2 is 2.12 bits per heavy atom. The lowest BCUT2D eigenvalue weighted by molar-refractivity contribution is -0.134. The van der Waals surface area contributed by atoms with Gasteiger partial charge >= 0.3 is 5.97 Å². The van der Waals surface area contributed by atoms with E-state index in [4.69, 9.17) is 19.3 Å². The molecule has 1 aromatic heterocycles. The van der Waals surface area contributed by atoms with Crippen molar-refractivity contribution in [2.45, 2.75) is 46.0 Å². The fourth-order valence-corrected chi connectivity index (χ4v) is 2.55. The number of hydrogen-bond donors (Lipinski definition) is 0. The van der Waals surface area contributed by atoms with Gasteiger partial charge in [0, 0.05) is 17.9 Å². The van der Waals surface area contributed by atoms with E-state index in [-0.39, 0.29) is 24.0 Å². The Bertz CT molecular complexity index is 834. The molecule has 138 valence electrons. The average Bonchev–Trinajstić information content (AvgIpc) is 3.05. The van der Waals surface area contributed by atoms with Gasteiger partial charge < -0.3 is 14.0 Å². The third-order valence-corrected chi connectivity index (χ3v) is 3.93. The Morgan fingerprint density at radius 3 is 2.69 bits per heavy atom. The van der Waals surface area contributed by atoms with Gasteiger partial charge in [0.25, 0.3) is 0 Å². The van der Waals surface area contributed by atoms with Crippen LogP contribution in [0.2, 0.25) is 0 Å². The van der Waals surface area contributed by atoms with Crippen LogP contribution in [0.5, 0.6) is 11.5 Å². The first-order chi connectivity index (χ1) is 12.2. The normalized spacial score (nSPS) is 11.1. The smallest absolute Gasteiger partial charge is 0.311 e. The van der Waals surface area contributed by atoms with Gasteiger partial charge in [-0.3, -0.25) is 4.79 Å². The van der Waals surface area contributed by atoms with E-state index in [9.17, 15) is 4.79 Å². The fraction of sp³-hybridized carbons (Fsp3) is 0.444. The monoisotopic (exact) mass is 421 g/mol. The lowest BCUT2D eigenvalue weighted by Crippen LogP contribution is -2.13. The Kier molecular flexibility index (Phi) is 6.37. The number of hydrogen-bond acceptors (Lipinski definition) is 7. The van der Waals surface area contributed by atoms with Gasteiger partial charge in [0.15, 0.2) is 17.3 Å². The van der Waals surface area contributed by atoms with Crippen molar-refractivity contribution in [2.24, 2.45) is 0 Å². The molecule has 1 aromatic carbocycles. The molecule has 1 heterocycles. The van der Waals surface area contributed by atoms with Crippen molar-refractivity contribution in [2.75, 3.05) is 6.61 Å². The minimum Gasteiger partial charge on any atom is -0.490 e. The van der Waals surface area contributed by atoms with E-state index in [1.165, 1.54) is 6.07 Å². The minimum atomic E-state index is -0.466. The second-order valence-corrected chi connectivity index (χ2v) is 7.42. The maximum Gasteiger partial charge on any atom is 0.311 e. The quantitative estimate of drug-likeness (QED) is 0.514. The summed E-state index contributed by atoms with van der Waals surface area (Å²) < 4.78 is 16.5. The molecule has 0 saturated carbocycles. The van der Waals surface area contributed by atoms with Gasteiger partial charge in [-0.05, 0) is 28.9 Å². The van der Waals surface area contributed by atoms with Crippen molar-refractivity contribution in [1.82, 2.24) is 10.1 Å². The van der Waals surface area contributed by atoms with Crippen LogP contribution in [0, 0.1) is 11.3 Å². The molecule has 8 heteroatoms. The van der Waals surface area contributed by atoms with Crippen LogP contribution < -0.4 is 9.47 Å². The summed E-state index contributed by atoms with van der Waals surface area (Å²) in [5, 5.41) is 13.0. The number of nitriles is 1. The van der Waals surface area contributed by atoms with Crippen LogP contribution in [0.15, 0.2) is 21.1 Å². The number of aryl methyl sites for hydroxylation is 1. The second kappa shape index (κ2) is 8.32. The summed E-state index contributed by atoms with van der Waals surface area (Å²) in [6, 6.07) is 5.13. The first kappa shape index (κ1) is 19.9. The van der Waals surface area contributed by atoms with E-state index in [0.29, 0.717) is 34.1 Å². The highest BCUT2D eigenvalue weighted by Crippen LogP contribution is 2.37. The molecule has 0 fully saturated rings. The van der Waals surface area contributed by atoms with Crippen LogP contribution in [-0.4, -0.2) is 22.7 Å². The molecule has 0 atom stereocenters. The summed E-state index contributed by atoms with van der Waals surface area (Å²) in [5.41, 5.74) is 0.183. The molecule has 0 amide bonds. The standard InChI is InChI=1S/C18H20BrN3O4/c1-5-24-13-9-11(10-20)8-12(19)16(13)25-15(23)7-6-14-21-17(22-26-14)18(2,3)4/h8-9H,5-7H2,1-4H3. The number of rotatable bonds is 6. The number of esters is 1.